The van der Waals surface area contributed by atoms with Crippen LogP contribution in [0.4, 0.5) is 0 Å². The van der Waals surface area contributed by atoms with E-state index in [1.165, 1.54) is 19.3 Å². The van der Waals surface area contributed by atoms with Gasteiger partial charge in [0.05, 0.1) is 19.3 Å². The summed E-state index contributed by atoms with van der Waals surface area (Å²) in [5.74, 6) is 2.85. The molecule has 120 valence electrons. The number of pyridine rings is 1. The Morgan fingerprint density at radius 2 is 2.14 bits per heavy atom. The van der Waals surface area contributed by atoms with Gasteiger partial charge in [-0.25, -0.2) is 0 Å². The van der Waals surface area contributed by atoms with Gasteiger partial charge in [0.2, 0.25) is 5.91 Å². The maximum Gasteiger partial charge on any atom is 0.226 e. The number of carbonyl (C=O) groups is 1. The third-order valence-corrected chi connectivity index (χ3v) is 5.57. The second kappa shape index (κ2) is 5.90. The average Bonchev–Trinajstić information content (AvgIpc) is 3.12. The highest BCUT2D eigenvalue weighted by Gasteiger charge is 2.43. The molecule has 2 aliphatic carbocycles. The topological polar surface area (TPSA) is 42.4 Å². The molecule has 22 heavy (non-hydrogen) atoms. The van der Waals surface area contributed by atoms with Crippen molar-refractivity contribution in [3.05, 3.63) is 23.0 Å². The van der Waals surface area contributed by atoms with Gasteiger partial charge in [-0.05, 0) is 44.9 Å². The summed E-state index contributed by atoms with van der Waals surface area (Å²) in [4.78, 5) is 19.1. The molecule has 3 rings (SSSR count). The van der Waals surface area contributed by atoms with Crippen LogP contribution in [0.15, 0.2) is 6.20 Å². The minimum absolute atomic E-state index is 0.247. The van der Waals surface area contributed by atoms with Crippen molar-refractivity contribution < 1.29 is 9.53 Å². The fourth-order valence-electron chi connectivity index (χ4n) is 4.36. The van der Waals surface area contributed by atoms with Crippen molar-refractivity contribution in [3.63, 3.8) is 0 Å². The van der Waals surface area contributed by atoms with Crippen molar-refractivity contribution in [1.82, 2.24) is 9.88 Å². The van der Waals surface area contributed by atoms with Crippen LogP contribution in [0.2, 0.25) is 0 Å². The van der Waals surface area contributed by atoms with Crippen LogP contribution in [-0.2, 0) is 11.3 Å². The second-order valence-electron chi connectivity index (χ2n) is 7.02. The number of hydrogen-bond donors (Lipinski definition) is 0. The van der Waals surface area contributed by atoms with Gasteiger partial charge < -0.3 is 9.64 Å². The summed E-state index contributed by atoms with van der Waals surface area (Å²) in [7, 11) is 3.59. The molecule has 0 spiro atoms. The lowest BCUT2D eigenvalue weighted by Gasteiger charge is -2.27. The Hall–Kier alpha value is -1.58. The van der Waals surface area contributed by atoms with E-state index in [1.54, 1.807) is 7.11 Å². The van der Waals surface area contributed by atoms with Crippen molar-refractivity contribution in [2.45, 2.75) is 46.1 Å². The first-order valence-corrected chi connectivity index (χ1v) is 8.25. The number of ether oxygens (including phenoxy) is 1. The molecule has 2 saturated carbocycles. The van der Waals surface area contributed by atoms with Gasteiger partial charge in [0, 0.05) is 30.3 Å². The average molecular weight is 302 g/mol. The third kappa shape index (κ3) is 2.59. The van der Waals surface area contributed by atoms with Crippen molar-refractivity contribution in [3.8, 4) is 5.75 Å². The monoisotopic (exact) mass is 302 g/mol. The molecule has 3 unspecified atom stereocenters. The molecule has 4 nitrogen and oxygen atoms in total. The first kappa shape index (κ1) is 15.3. The van der Waals surface area contributed by atoms with Crippen LogP contribution in [-0.4, -0.2) is 29.9 Å². The number of rotatable bonds is 4. The molecule has 3 atom stereocenters. The van der Waals surface area contributed by atoms with E-state index < -0.39 is 0 Å². The fourth-order valence-corrected chi connectivity index (χ4v) is 4.36. The van der Waals surface area contributed by atoms with E-state index in [-0.39, 0.29) is 5.92 Å². The molecular weight excluding hydrogens is 276 g/mol. The van der Waals surface area contributed by atoms with Crippen molar-refractivity contribution in [1.29, 1.82) is 0 Å². The molecule has 2 bridgehead atoms. The lowest BCUT2D eigenvalue weighted by atomic mass is 9.88. The highest BCUT2D eigenvalue weighted by Crippen LogP contribution is 2.48. The summed E-state index contributed by atoms with van der Waals surface area (Å²) in [6, 6.07) is 0. The number of aromatic nitrogens is 1. The Morgan fingerprint density at radius 1 is 1.36 bits per heavy atom. The standard InChI is InChI=1S/C18H26N2O2/c1-11-9-19-16(12(2)17(11)22-4)10-20(3)18(21)15-8-13-5-6-14(15)7-13/h9,13-15H,5-8,10H2,1-4H3. The normalized spacial score (nSPS) is 26.3. The maximum absolute atomic E-state index is 12.7. The SMILES string of the molecule is COc1c(C)cnc(CN(C)C(=O)C2CC3CCC2C3)c1C. The molecule has 4 heteroatoms. The number of aryl methyl sites for hydroxylation is 1. The number of nitrogens with zero attached hydrogens (tertiary/aromatic N) is 2. The Balaban J connectivity index is 1.72. The van der Waals surface area contributed by atoms with Gasteiger partial charge in [0.1, 0.15) is 5.75 Å². The molecule has 1 heterocycles. The molecule has 2 aliphatic rings. The lowest BCUT2D eigenvalue weighted by molar-refractivity contribution is -0.136. The lowest BCUT2D eigenvalue weighted by Crippen LogP contribution is -2.35. The third-order valence-electron chi connectivity index (χ3n) is 5.57. The van der Waals surface area contributed by atoms with Crippen LogP contribution < -0.4 is 4.74 Å². The van der Waals surface area contributed by atoms with E-state index in [1.807, 2.05) is 32.0 Å². The van der Waals surface area contributed by atoms with Gasteiger partial charge in [-0.3, -0.25) is 9.78 Å². The maximum atomic E-state index is 12.7. The first-order chi connectivity index (χ1) is 10.5. The Bertz CT molecular complexity index is 585. The summed E-state index contributed by atoms with van der Waals surface area (Å²) in [5.41, 5.74) is 3.00. The molecule has 0 N–H and O–H groups in total. The van der Waals surface area contributed by atoms with Crippen LogP contribution >= 0.6 is 0 Å². The zero-order valence-electron chi connectivity index (χ0n) is 14.1. The largest absolute Gasteiger partial charge is 0.496 e. The quantitative estimate of drug-likeness (QED) is 0.858. The van der Waals surface area contributed by atoms with Crippen LogP contribution in [0.25, 0.3) is 0 Å². The number of hydrogen-bond acceptors (Lipinski definition) is 3. The molecule has 1 aromatic rings. The van der Waals surface area contributed by atoms with Crippen molar-refractivity contribution in [2.24, 2.45) is 17.8 Å². The van der Waals surface area contributed by atoms with Gasteiger partial charge in [-0.2, -0.15) is 0 Å². The van der Waals surface area contributed by atoms with Crippen LogP contribution in [0.1, 0.15) is 42.5 Å². The zero-order chi connectivity index (χ0) is 15.9. The van der Waals surface area contributed by atoms with E-state index in [9.17, 15) is 4.79 Å². The summed E-state index contributed by atoms with van der Waals surface area (Å²) in [6.45, 7) is 4.58. The van der Waals surface area contributed by atoms with E-state index in [0.29, 0.717) is 18.4 Å². The van der Waals surface area contributed by atoms with E-state index >= 15 is 0 Å². The Morgan fingerprint density at radius 3 is 2.73 bits per heavy atom. The molecule has 1 amide bonds. The Labute approximate surface area is 132 Å². The predicted molar refractivity (Wildman–Crippen MR) is 85.7 cm³/mol. The molecule has 2 fully saturated rings. The van der Waals surface area contributed by atoms with E-state index in [2.05, 4.69) is 4.98 Å². The van der Waals surface area contributed by atoms with E-state index in [4.69, 9.17) is 4.74 Å². The van der Waals surface area contributed by atoms with Crippen LogP contribution in [0.3, 0.4) is 0 Å². The van der Waals surface area contributed by atoms with Gasteiger partial charge in [-0.1, -0.05) is 6.42 Å². The molecule has 0 aliphatic heterocycles. The highest BCUT2D eigenvalue weighted by atomic mass is 16.5. The summed E-state index contributed by atoms with van der Waals surface area (Å²) < 4.78 is 5.46. The number of carbonyl (C=O) groups excluding carboxylic acids is 1. The number of fused-ring (bicyclic) bond motifs is 2. The summed E-state index contributed by atoms with van der Waals surface area (Å²) >= 11 is 0. The molecule has 1 aromatic heterocycles. The van der Waals surface area contributed by atoms with Gasteiger partial charge in [-0.15, -0.1) is 0 Å². The fraction of sp³-hybridized carbons (Fsp3) is 0.667. The smallest absolute Gasteiger partial charge is 0.226 e. The second-order valence-corrected chi connectivity index (χ2v) is 7.02. The number of methoxy groups -OCH3 is 1. The van der Waals surface area contributed by atoms with Crippen LogP contribution in [0.5, 0.6) is 5.75 Å². The predicted octanol–water partition coefficient (Wildman–Crippen LogP) is 3.10. The molecule has 0 saturated heterocycles. The summed E-state index contributed by atoms with van der Waals surface area (Å²) in [6.07, 6.45) is 6.76. The Kier molecular flexibility index (Phi) is 4.11. The van der Waals surface area contributed by atoms with Gasteiger partial charge in [0.15, 0.2) is 0 Å². The zero-order valence-corrected chi connectivity index (χ0v) is 14.1. The van der Waals surface area contributed by atoms with Crippen LogP contribution in [0, 0.1) is 31.6 Å². The van der Waals surface area contributed by atoms with Crippen molar-refractivity contribution >= 4 is 5.91 Å². The molecule has 0 aromatic carbocycles. The first-order valence-electron chi connectivity index (χ1n) is 8.25. The minimum atomic E-state index is 0.247. The molecular formula is C18H26N2O2. The van der Waals surface area contributed by atoms with E-state index in [0.717, 1.165) is 34.9 Å². The minimum Gasteiger partial charge on any atom is -0.496 e. The van der Waals surface area contributed by atoms with Crippen molar-refractivity contribution in [2.75, 3.05) is 14.2 Å². The summed E-state index contributed by atoms with van der Waals surface area (Å²) in [5, 5.41) is 0. The number of amides is 1. The van der Waals surface area contributed by atoms with Gasteiger partial charge in [0.25, 0.3) is 0 Å². The van der Waals surface area contributed by atoms with Gasteiger partial charge >= 0.3 is 0 Å². The molecule has 0 radical (unpaired) electrons. The highest BCUT2D eigenvalue weighted by molar-refractivity contribution is 5.79.